The third kappa shape index (κ3) is 1.91. The molecule has 0 spiro atoms. The van der Waals surface area contributed by atoms with E-state index in [1.165, 1.54) is 5.57 Å². The van der Waals surface area contributed by atoms with Crippen LogP contribution in [0.25, 0.3) is 0 Å². The van der Waals surface area contributed by atoms with Crippen molar-refractivity contribution in [2.75, 3.05) is 0 Å². The minimum atomic E-state index is -0.879. The molecular formula is C20H28FNO. The van der Waals surface area contributed by atoms with Gasteiger partial charge in [-0.15, -0.1) is 0 Å². The maximum atomic E-state index is 15.4. The van der Waals surface area contributed by atoms with Gasteiger partial charge in [0.15, 0.2) is 0 Å². The number of hydrogen-bond donors (Lipinski definition) is 1. The van der Waals surface area contributed by atoms with Crippen LogP contribution in [0, 0.1) is 39.9 Å². The fourth-order valence-corrected chi connectivity index (χ4v) is 6.90. The number of carbonyl (C=O) groups is 1. The maximum Gasteiger partial charge on any atom is 0.139 e. The second kappa shape index (κ2) is 4.77. The lowest BCUT2D eigenvalue weighted by molar-refractivity contribution is -0.144. The Morgan fingerprint density at radius 1 is 1.26 bits per heavy atom. The third-order valence-electron chi connectivity index (χ3n) is 8.09. The van der Waals surface area contributed by atoms with Crippen molar-refractivity contribution >= 4 is 11.5 Å². The maximum absolute atomic E-state index is 15.4. The first-order chi connectivity index (χ1) is 10.8. The molecule has 126 valence electrons. The van der Waals surface area contributed by atoms with Gasteiger partial charge >= 0.3 is 0 Å². The van der Waals surface area contributed by atoms with E-state index in [0.29, 0.717) is 18.8 Å². The van der Waals surface area contributed by atoms with Crippen molar-refractivity contribution < 1.29 is 9.18 Å². The summed E-state index contributed by atoms with van der Waals surface area (Å²) in [7, 11) is 0. The molecule has 1 N–H and O–H groups in total. The van der Waals surface area contributed by atoms with Crippen LogP contribution < -0.4 is 0 Å². The summed E-state index contributed by atoms with van der Waals surface area (Å²) in [5.41, 5.74) is 1.51. The summed E-state index contributed by atoms with van der Waals surface area (Å²) in [5.74, 6) is 1.21. The van der Waals surface area contributed by atoms with E-state index in [9.17, 15) is 4.79 Å². The highest BCUT2D eigenvalue weighted by Crippen LogP contribution is 2.66. The van der Waals surface area contributed by atoms with Crippen molar-refractivity contribution in [1.82, 2.24) is 0 Å². The number of fused-ring (bicyclic) bond motifs is 5. The van der Waals surface area contributed by atoms with Crippen molar-refractivity contribution in [2.45, 2.75) is 65.0 Å². The lowest BCUT2D eigenvalue weighted by Crippen LogP contribution is -2.58. The Balaban J connectivity index is 1.76. The quantitative estimate of drug-likeness (QED) is 0.645. The van der Waals surface area contributed by atoms with E-state index in [4.69, 9.17) is 5.41 Å². The van der Waals surface area contributed by atoms with Gasteiger partial charge in [0.2, 0.25) is 0 Å². The molecule has 0 aromatic heterocycles. The summed E-state index contributed by atoms with van der Waals surface area (Å²) in [4.78, 5) is 12.4. The third-order valence-corrected chi connectivity index (χ3v) is 8.09. The van der Waals surface area contributed by atoms with Crippen LogP contribution in [0.2, 0.25) is 0 Å². The lowest BCUT2D eigenvalue weighted by Gasteiger charge is -2.61. The van der Waals surface area contributed by atoms with E-state index >= 15 is 4.39 Å². The fraction of sp³-hybridized carbons (Fsp3) is 0.800. The number of Topliss-reactive ketones (excluding diaryl/α,β-unsaturated/α-hetero) is 1. The first-order valence-corrected chi connectivity index (χ1v) is 9.18. The van der Waals surface area contributed by atoms with Crippen LogP contribution in [0.4, 0.5) is 4.39 Å². The minimum absolute atomic E-state index is 0.0510. The monoisotopic (exact) mass is 317 g/mol. The molecule has 0 aromatic rings. The minimum Gasteiger partial charge on any atom is -0.310 e. The topological polar surface area (TPSA) is 40.9 Å². The Morgan fingerprint density at radius 2 is 2.00 bits per heavy atom. The van der Waals surface area contributed by atoms with Gasteiger partial charge in [-0.05, 0) is 67.6 Å². The standard InChI is InChI=1S/C20H28FNO/c1-11-8-13-14-4-5-17(23)20(14,3)10-16(21)18(13)19(2)7-6-12(22)9-15(11)19/h13-16,18,22H,1,4-10H2,2-3H3/t13?,14?,15?,16?,18?,19-,20-/m0/s1. The molecule has 0 heterocycles. The van der Waals surface area contributed by atoms with Crippen molar-refractivity contribution in [3.8, 4) is 0 Å². The Labute approximate surface area is 138 Å². The predicted molar refractivity (Wildman–Crippen MR) is 89.3 cm³/mol. The van der Waals surface area contributed by atoms with Crippen molar-refractivity contribution in [1.29, 1.82) is 5.41 Å². The molecule has 0 bridgehead atoms. The molecule has 4 saturated carbocycles. The average Bonchev–Trinajstić information content (AvgIpc) is 2.76. The Kier molecular flexibility index (Phi) is 3.22. The molecule has 3 heteroatoms. The molecule has 0 aromatic carbocycles. The van der Waals surface area contributed by atoms with Crippen LogP contribution in [0.15, 0.2) is 12.2 Å². The molecule has 4 aliphatic rings. The summed E-state index contributed by atoms with van der Waals surface area (Å²) in [6.45, 7) is 8.61. The molecule has 0 saturated heterocycles. The molecule has 0 radical (unpaired) electrons. The van der Waals surface area contributed by atoms with E-state index in [1.54, 1.807) is 0 Å². The van der Waals surface area contributed by atoms with Gasteiger partial charge in [-0.3, -0.25) is 4.79 Å². The number of nitrogens with one attached hydrogen (secondary N) is 1. The molecule has 4 rings (SSSR count). The number of rotatable bonds is 0. The molecule has 4 fully saturated rings. The molecule has 5 unspecified atom stereocenters. The van der Waals surface area contributed by atoms with Crippen molar-refractivity contribution in [3.05, 3.63) is 12.2 Å². The van der Waals surface area contributed by atoms with Gasteiger partial charge in [-0.2, -0.15) is 0 Å². The van der Waals surface area contributed by atoms with Crippen LogP contribution in [0.3, 0.4) is 0 Å². The second-order valence-corrected chi connectivity index (χ2v) is 9.12. The number of hydrogen-bond acceptors (Lipinski definition) is 2. The summed E-state index contributed by atoms with van der Waals surface area (Å²) in [6, 6.07) is 0. The normalized spacial score (nSPS) is 52.8. The highest BCUT2D eigenvalue weighted by atomic mass is 19.1. The Morgan fingerprint density at radius 3 is 2.74 bits per heavy atom. The van der Waals surface area contributed by atoms with Crippen LogP contribution in [-0.2, 0) is 4.79 Å². The number of ketones is 1. The van der Waals surface area contributed by atoms with E-state index < -0.39 is 11.6 Å². The zero-order chi connectivity index (χ0) is 16.6. The van der Waals surface area contributed by atoms with E-state index in [0.717, 1.165) is 37.8 Å². The molecule has 0 aliphatic heterocycles. The van der Waals surface area contributed by atoms with Gasteiger partial charge in [-0.25, -0.2) is 4.39 Å². The van der Waals surface area contributed by atoms with Gasteiger partial charge in [0.25, 0.3) is 0 Å². The molecule has 23 heavy (non-hydrogen) atoms. The molecular weight excluding hydrogens is 289 g/mol. The second-order valence-electron chi connectivity index (χ2n) is 9.12. The van der Waals surface area contributed by atoms with Crippen molar-refractivity contribution in [2.24, 2.45) is 34.5 Å². The lowest BCUT2D eigenvalue weighted by atomic mass is 9.44. The van der Waals surface area contributed by atoms with E-state index in [-0.39, 0.29) is 29.0 Å². The smallest absolute Gasteiger partial charge is 0.139 e. The SMILES string of the molecule is C=C1CC2C(C(F)C[C@]3(C)C(=O)CCC23)[C@@]2(C)CCC(=N)CC12. The zero-order valence-corrected chi connectivity index (χ0v) is 14.3. The highest BCUT2D eigenvalue weighted by Gasteiger charge is 2.64. The van der Waals surface area contributed by atoms with Crippen LogP contribution in [0.1, 0.15) is 58.8 Å². The van der Waals surface area contributed by atoms with E-state index in [2.05, 4.69) is 13.5 Å². The first kappa shape index (κ1) is 15.5. The number of allylic oxidation sites excluding steroid dienone is 1. The van der Waals surface area contributed by atoms with Gasteiger partial charge in [0.05, 0.1) is 0 Å². The summed E-state index contributed by atoms with van der Waals surface area (Å²) in [5, 5.41) is 8.07. The van der Waals surface area contributed by atoms with Crippen LogP contribution in [-0.4, -0.2) is 17.7 Å². The Hall–Kier alpha value is -0.990. The number of alkyl halides is 1. The van der Waals surface area contributed by atoms with E-state index in [1.807, 2.05) is 6.92 Å². The summed E-state index contributed by atoms with van der Waals surface area (Å²) < 4.78 is 15.4. The largest absolute Gasteiger partial charge is 0.310 e. The van der Waals surface area contributed by atoms with Crippen molar-refractivity contribution in [3.63, 3.8) is 0 Å². The van der Waals surface area contributed by atoms with Crippen LogP contribution in [0.5, 0.6) is 0 Å². The summed E-state index contributed by atoms with van der Waals surface area (Å²) >= 11 is 0. The summed E-state index contributed by atoms with van der Waals surface area (Å²) in [6.07, 6.45) is 4.46. The van der Waals surface area contributed by atoms with Gasteiger partial charge < -0.3 is 5.41 Å². The predicted octanol–water partition coefficient (Wildman–Crippen LogP) is 4.73. The Bertz CT molecular complexity index is 598. The van der Waals surface area contributed by atoms with Crippen LogP contribution >= 0.6 is 0 Å². The molecule has 7 atom stereocenters. The average molecular weight is 317 g/mol. The number of halogens is 1. The zero-order valence-electron chi connectivity index (χ0n) is 14.3. The molecule has 4 aliphatic carbocycles. The number of carbonyl (C=O) groups excluding carboxylic acids is 1. The van der Waals surface area contributed by atoms with Gasteiger partial charge in [0.1, 0.15) is 12.0 Å². The van der Waals surface area contributed by atoms with Gasteiger partial charge in [-0.1, -0.05) is 26.0 Å². The molecule has 2 nitrogen and oxygen atoms in total. The molecule has 0 amide bonds. The fourth-order valence-electron chi connectivity index (χ4n) is 6.90. The highest BCUT2D eigenvalue weighted by molar-refractivity contribution is 5.87. The van der Waals surface area contributed by atoms with Gasteiger partial charge in [0, 0.05) is 17.5 Å². The first-order valence-electron chi connectivity index (χ1n) is 9.18.